The van der Waals surface area contributed by atoms with Gasteiger partial charge in [-0.05, 0) is 25.5 Å². The number of hydrogen-bond acceptors (Lipinski definition) is 4. The number of rotatable bonds is 5. The molecule has 0 saturated heterocycles. The van der Waals surface area contributed by atoms with Crippen LogP contribution < -0.4 is 4.74 Å². The lowest BCUT2D eigenvalue weighted by Crippen LogP contribution is -2.05. The third-order valence-corrected chi connectivity index (χ3v) is 4.06. The Balaban J connectivity index is 1.84. The predicted molar refractivity (Wildman–Crippen MR) is 91.1 cm³/mol. The van der Waals surface area contributed by atoms with Gasteiger partial charge in [-0.3, -0.25) is 4.79 Å². The van der Waals surface area contributed by atoms with E-state index in [1.54, 1.807) is 0 Å². The highest BCUT2D eigenvalue weighted by atomic mass is 16.5. The Kier molecular flexibility index (Phi) is 4.51. The minimum atomic E-state index is -0.296. The van der Waals surface area contributed by atoms with Crippen LogP contribution in [0.25, 0.3) is 5.65 Å². The van der Waals surface area contributed by atoms with Crippen molar-refractivity contribution in [3.05, 3.63) is 65.6 Å². The molecule has 0 aliphatic carbocycles. The summed E-state index contributed by atoms with van der Waals surface area (Å²) >= 11 is 0. The maximum atomic E-state index is 11.5. The van der Waals surface area contributed by atoms with Crippen LogP contribution in [0.15, 0.2) is 48.7 Å². The molecule has 0 N–H and O–H groups in total. The number of nitrogens with zero attached hydrogens (tertiary/aromatic N) is 2. The number of aryl methyl sites for hydroxylation is 1. The van der Waals surface area contributed by atoms with E-state index in [0.717, 1.165) is 28.3 Å². The first-order valence-corrected chi connectivity index (χ1v) is 7.84. The number of pyridine rings is 1. The van der Waals surface area contributed by atoms with Gasteiger partial charge in [-0.25, -0.2) is 4.98 Å². The van der Waals surface area contributed by atoms with Crippen LogP contribution in [0.3, 0.4) is 0 Å². The second-order valence-electron chi connectivity index (χ2n) is 5.66. The maximum Gasteiger partial charge on any atom is 0.311 e. The normalized spacial score (nSPS) is 12.1. The molecule has 3 aromatic rings. The Morgan fingerprint density at radius 1 is 1.25 bits per heavy atom. The minimum Gasteiger partial charge on any atom is -0.486 e. The lowest BCUT2D eigenvalue weighted by molar-refractivity contribution is -0.139. The van der Waals surface area contributed by atoms with Crippen LogP contribution in [0.5, 0.6) is 5.75 Å². The Hall–Kier alpha value is -2.82. The van der Waals surface area contributed by atoms with Crippen molar-refractivity contribution >= 4 is 11.6 Å². The minimum absolute atomic E-state index is 0.0563. The summed E-state index contributed by atoms with van der Waals surface area (Å²) in [6.45, 7) is 3.95. The molecule has 0 aliphatic heterocycles. The number of aromatic nitrogens is 2. The lowest BCUT2D eigenvalue weighted by Gasteiger charge is -2.15. The molecular formula is C19H20N2O3. The molecule has 0 unspecified atom stereocenters. The molecule has 0 saturated carbocycles. The van der Waals surface area contributed by atoms with E-state index >= 15 is 0 Å². The van der Waals surface area contributed by atoms with E-state index in [1.165, 1.54) is 7.11 Å². The molecule has 0 fully saturated rings. The highest BCUT2D eigenvalue weighted by Crippen LogP contribution is 2.24. The van der Waals surface area contributed by atoms with Crippen molar-refractivity contribution in [3.8, 4) is 5.75 Å². The van der Waals surface area contributed by atoms with Crippen LogP contribution >= 0.6 is 0 Å². The van der Waals surface area contributed by atoms with E-state index in [9.17, 15) is 4.79 Å². The second-order valence-corrected chi connectivity index (χ2v) is 5.66. The van der Waals surface area contributed by atoms with Gasteiger partial charge in [0.25, 0.3) is 0 Å². The molecule has 1 aromatic carbocycles. The first kappa shape index (κ1) is 16.1. The summed E-state index contributed by atoms with van der Waals surface area (Å²) in [7, 11) is 1.38. The van der Waals surface area contributed by atoms with Gasteiger partial charge in [-0.2, -0.15) is 0 Å². The molecule has 5 nitrogen and oxygen atoms in total. The predicted octanol–water partition coefficient (Wildman–Crippen LogP) is 3.50. The molecule has 0 bridgehead atoms. The van der Waals surface area contributed by atoms with E-state index < -0.39 is 0 Å². The molecule has 2 heterocycles. The molecule has 0 spiro atoms. The van der Waals surface area contributed by atoms with Crippen molar-refractivity contribution in [3.63, 3.8) is 0 Å². The van der Waals surface area contributed by atoms with Crippen molar-refractivity contribution in [2.75, 3.05) is 7.11 Å². The summed E-state index contributed by atoms with van der Waals surface area (Å²) < 4.78 is 12.7. The number of carbonyl (C=O) groups excluding carboxylic acids is 1. The fraction of sp³-hybridized carbons (Fsp3) is 0.263. The average molecular weight is 324 g/mol. The number of carbonyl (C=O) groups is 1. The number of fused-ring (bicyclic) bond motifs is 1. The largest absolute Gasteiger partial charge is 0.486 e. The lowest BCUT2D eigenvalue weighted by atomic mass is 10.1. The van der Waals surface area contributed by atoms with Crippen molar-refractivity contribution in [2.45, 2.75) is 26.4 Å². The SMILES string of the molecule is COC(=O)Cc1nc2cc(O[C@H](C)c3ccccc3)ccn2c1C. The summed E-state index contributed by atoms with van der Waals surface area (Å²) in [4.78, 5) is 16.0. The fourth-order valence-electron chi connectivity index (χ4n) is 2.64. The van der Waals surface area contributed by atoms with Crippen molar-refractivity contribution in [1.29, 1.82) is 0 Å². The summed E-state index contributed by atoms with van der Waals surface area (Å²) in [6, 6.07) is 13.8. The monoisotopic (exact) mass is 324 g/mol. The molecule has 0 radical (unpaired) electrons. The van der Waals surface area contributed by atoms with Gasteiger partial charge in [-0.15, -0.1) is 0 Å². The third kappa shape index (κ3) is 3.25. The Bertz CT molecular complexity index is 856. The highest BCUT2D eigenvalue weighted by molar-refractivity contribution is 5.72. The second kappa shape index (κ2) is 6.74. The number of ether oxygens (including phenoxy) is 2. The van der Waals surface area contributed by atoms with Crippen molar-refractivity contribution in [1.82, 2.24) is 9.38 Å². The van der Waals surface area contributed by atoms with Gasteiger partial charge in [-0.1, -0.05) is 30.3 Å². The molecule has 3 rings (SSSR count). The van der Waals surface area contributed by atoms with E-state index in [-0.39, 0.29) is 18.5 Å². The summed E-state index contributed by atoms with van der Waals surface area (Å²) in [6.07, 6.45) is 2.02. The topological polar surface area (TPSA) is 52.8 Å². The molecule has 24 heavy (non-hydrogen) atoms. The Morgan fingerprint density at radius 3 is 2.71 bits per heavy atom. The van der Waals surface area contributed by atoms with E-state index in [1.807, 2.05) is 66.9 Å². The van der Waals surface area contributed by atoms with Crippen molar-refractivity contribution < 1.29 is 14.3 Å². The van der Waals surface area contributed by atoms with Crippen LogP contribution in [-0.2, 0) is 16.0 Å². The first-order chi connectivity index (χ1) is 11.6. The van der Waals surface area contributed by atoms with Crippen LogP contribution in [0, 0.1) is 6.92 Å². The smallest absolute Gasteiger partial charge is 0.311 e. The standard InChI is InChI=1S/C19H20N2O3/c1-13-17(12-19(22)23-3)20-18-11-16(9-10-21(13)18)24-14(2)15-7-5-4-6-8-15/h4-11,14H,12H2,1-3H3/t14-/m1/s1. The maximum absolute atomic E-state index is 11.5. The summed E-state index contributed by atoms with van der Waals surface area (Å²) in [5.74, 6) is 0.448. The zero-order chi connectivity index (χ0) is 17.1. The van der Waals surface area contributed by atoms with Crippen LogP contribution in [-0.4, -0.2) is 22.5 Å². The zero-order valence-corrected chi connectivity index (χ0v) is 14.0. The molecule has 0 aliphatic rings. The quantitative estimate of drug-likeness (QED) is 0.674. The third-order valence-electron chi connectivity index (χ3n) is 4.06. The van der Waals surface area contributed by atoms with Crippen LogP contribution in [0.1, 0.15) is 30.0 Å². The number of esters is 1. The Labute approximate surface area is 140 Å². The van der Waals surface area contributed by atoms with Crippen LogP contribution in [0.4, 0.5) is 0 Å². The van der Waals surface area contributed by atoms with Gasteiger partial charge < -0.3 is 13.9 Å². The van der Waals surface area contributed by atoms with Crippen LogP contribution in [0.2, 0.25) is 0 Å². The van der Waals surface area contributed by atoms with Gasteiger partial charge in [0.05, 0.1) is 19.2 Å². The summed E-state index contributed by atoms with van der Waals surface area (Å²) in [5, 5.41) is 0. The molecule has 1 atom stereocenters. The van der Waals surface area contributed by atoms with Gasteiger partial charge in [0.2, 0.25) is 0 Å². The summed E-state index contributed by atoms with van der Waals surface area (Å²) in [5.41, 5.74) is 3.51. The number of benzene rings is 1. The fourth-order valence-corrected chi connectivity index (χ4v) is 2.64. The average Bonchev–Trinajstić information content (AvgIpc) is 2.90. The van der Waals surface area contributed by atoms with Gasteiger partial charge >= 0.3 is 5.97 Å². The van der Waals surface area contributed by atoms with E-state index in [0.29, 0.717) is 0 Å². The Morgan fingerprint density at radius 2 is 2.00 bits per heavy atom. The van der Waals surface area contributed by atoms with E-state index in [2.05, 4.69) is 4.98 Å². The molecule has 124 valence electrons. The zero-order valence-electron chi connectivity index (χ0n) is 14.0. The van der Waals surface area contributed by atoms with Crippen molar-refractivity contribution in [2.24, 2.45) is 0 Å². The molecule has 0 amide bonds. The van der Waals surface area contributed by atoms with E-state index in [4.69, 9.17) is 9.47 Å². The number of hydrogen-bond donors (Lipinski definition) is 0. The van der Waals surface area contributed by atoms with Gasteiger partial charge in [0.15, 0.2) is 0 Å². The van der Waals surface area contributed by atoms with Gasteiger partial charge in [0, 0.05) is 18.0 Å². The first-order valence-electron chi connectivity index (χ1n) is 7.84. The number of imidazole rings is 1. The molecular weight excluding hydrogens is 304 g/mol. The molecule has 5 heteroatoms. The van der Waals surface area contributed by atoms with Gasteiger partial charge in [0.1, 0.15) is 17.5 Å². The number of methoxy groups -OCH3 is 1. The highest BCUT2D eigenvalue weighted by Gasteiger charge is 2.14. The molecule has 2 aromatic heterocycles.